The second kappa shape index (κ2) is 9.65. The Morgan fingerprint density at radius 1 is 1.15 bits per heavy atom. The number of hydrogen-bond donors (Lipinski definition) is 0. The molecule has 0 aliphatic carbocycles. The van der Waals surface area contributed by atoms with Gasteiger partial charge in [0.25, 0.3) is 5.91 Å². The number of para-hydroxylation sites is 1. The average Bonchev–Trinajstić information content (AvgIpc) is 3.37. The first-order valence-corrected chi connectivity index (χ1v) is 11.5. The maximum Gasteiger partial charge on any atom is 0.417 e. The highest BCUT2D eigenvalue weighted by Gasteiger charge is 2.52. The molecule has 2 aliphatic heterocycles. The van der Waals surface area contributed by atoms with Crippen LogP contribution in [0.4, 0.5) is 4.79 Å². The van der Waals surface area contributed by atoms with Crippen molar-refractivity contribution >= 4 is 17.7 Å². The molecule has 2 aromatic rings. The van der Waals surface area contributed by atoms with Gasteiger partial charge in [-0.15, -0.1) is 0 Å². The van der Waals surface area contributed by atoms with Gasteiger partial charge in [0.15, 0.2) is 0 Å². The molecule has 0 bridgehead atoms. The highest BCUT2D eigenvalue weighted by atomic mass is 16.6. The van der Waals surface area contributed by atoms with Crippen molar-refractivity contribution in [3.63, 3.8) is 0 Å². The Hall–Kier alpha value is -3.35. The van der Waals surface area contributed by atoms with Crippen LogP contribution >= 0.6 is 0 Å². The molecule has 0 unspecified atom stereocenters. The minimum absolute atomic E-state index is 0.259. The predicted molar refractivity (Wildman–Crippen MR) is 124 cm³/mol. The number of benzene rings is 2. The first-order chi connectivity index (χ1) is 15.9. The normalized spacial score (nSPS) is 21.4. The highest BCUT2D eigenvalue weighted by Crippen LogP contribution is 2.34. The summed E-state index contributed by atoms with van der Waals surface area (Å²) in [5, 5.41) is 4.18. The minimum Gasteiger partial charge on any atom is -0.493 e. The first kappa shape index (κ1) is 22.8. The fraction of sp³-hybridized carbons (Fsp3) is 0.423. The van der Waals surface area contributed by atoms with E-state index in [9.17, 15) is 9.59 Å². The maximum absolute atomic E-state index is 13.4. The van der Waals surface area contributed by atoms with Crippen LogP contribution < -0.4 is 4.74 Å². The molecule has 2 atom stereocenters. The fourth-order valence-electron chi connectivity index (χ4n) is 4.18. The van der Waals surface area contributed by atoms with E-state index < -0.39 is 29.7 Å². The van der Waals surface area contributed by atoms with Crippen LogP contribution in [0.2, 0.25) is 0 Å². The Kier molecular flexibility index (Phi) is 6.67. The topological polar surface area (TPSA) is 77.4 Å². The molecule has 4 rings (SSSR count). The van der Waals surface area contributed by atoms with Crippen LogP contribution in [-0.4, -0.2) is 47.0 Å². The molecule has 174 valence electrons. The zero-order chi connectivity index (χ0) is 23.4. The second-order valence-corrected chi connectivity index (χ2v) is 8.92. The van der Waals surface area contributed by atoms with E-state index in [0.29, 0.717) is 24.5 Å². The SMILES string of the molecule is CCCCOc1ccccc1C1=NO[C@H](C(=O)N2C(=O)OC(C)(C)[C@@H]2Cc2ccccc2)C1. The summed E-state index contributed by atoms with van der Waals surface area (Å²) in [6.07, 6.45) is 1.22. The van der Waals surface area contributed by atoms with Crippen LogP contribution in [0.25, 0.3) is 0 Å². The van der Waals surface area contributed by atoms with Crippen molar-refractivity contribution in [1.82, 2.24) is 4.90 Å². The first-order valence-electron chi connectivity index (χ1n) is 11.5. The lowest BCUT2D eigenvalue weighted by Gasteiger charge is -2.28. The van der Waals surface area contributed by atoms with E-state index >= 15 is 0 Å². The van der Waals surface area contributed by atoms with Crippen molar-refractivity contribution in [2.75, 3.05) is 6.61 Å². The van der Waals surface area contributed by atoms with Gasteiger partial charge in [-0.1, -0.05) is 61.0 Å². The monoisotopic (exact) mass is 450 g/mol. The van der Waals surface area contributed by atoms with Crippen LogP contribution in [0.3, 0.4) is 0 Å². The van der Waals surface area contributed by atoms with Crippen LogP contribution in [0.1, 0.15) is 51.2 Å². The number of carbonyl (C=O) groups is 2. The Morgan fingerprint density at radius 2 is 1.88 bits per heavy atom. The molecule has 0 aromatic heterocycles. The van der Waals surface area contributed by atoms with Gasteiger partial charge in [0.05, 0.1) is 18.4 Å². The zero-order valence-electron chi connectivity index (χ0n) is 19.3. The molecule has 0 radical (unpaired) electrons. The van der Waals surface area contributed by atoms with E-state index in [2.05, 4.69) is 12.1 Å². The average molecular weight is 451 g/mol. The van der Waals surface area contributed by atoms with Crippen molar-refractivity contribution in [3.8, 4) is 5.75 Å². The molecular formula is C26H30N2O5. The van der Waals surface area contributed by atoms with E-state index in [1.54, 1.807) is 0 Å². The summed E-state index contributed by atoms with van der Waals surface area (Å²) in [6, 6.07) is 16.9. The smallest absolute Gasteiger partial charge is 0.417 e. The lowest BCUT2D eigenvalue weighted by Crippen LogP contribution is -2.49. The third-order valence-corrected chi connectivity index (χ3v) is 6.07. The summed E-state index contributed by atoms with van der Waals surface area (Å²) in [5.74, 6) is 0.278. The third kappa shape index (κ3) is 4.87. The van der Waals surface area contributed by atoms with Crippen LogP contribution in [-0.2, 0) is 20.8 Å². The number of imide groups is 1. The highest BCUT2D eigenvalue weighted by molar-refractivity contribution is 6.07. The summed E-state index contributed by atoms with van der Waals surface area (Å²) >= 11 is 0. The molecule has 2 heterocycles. The molecule has 7 nitrogen and oxygen atoms in total. The van der Waals surface area contributed by atoms with E-state index in [4.69, 9.17) is 14.3 Å². The maximum atomic E-state index is 13.4. The number of hydrogen-bond acceptors (Lipinski definition) is 6. The standard InChI is InChI=1S/C26H30N2O5/c1-4-5-15-31-21-14-10-9-13-19(21)20-17-22(33-27-20)24(29)28-23(26(2,3)32-25(28)30)16-18-11-7-6-8-12-18/h6-14,22-23H,4-5,15-17H2,1-3H3/t22-,23-/m0/s1. The minimum atomic E-state index is -0.886. The molecule has 1 saturated heterocycles. The van der Waals surface area contributed by atoms with E-state index in [1.165, 1.54) is 4.90 Å². The molecule has 2 aromatic carbocycles. The lowest BCUT2D eigenvalue weighted by atomic mass is 9.91. The Morgan fingerprint density at radius 3 is 2.64 bits per heavy atom. The van der Waals surface area contributed by atoms with Gasteiger partial charge in [-0.25, -0.2) is 9.69 Å². The number of carbonyl (C=O) groups excluding carboxylic acids is 2. The number of cyclic esters (lactones) is 1. The fourth-order valence-corrected chi connectivity index (χ4v) is 4.18. The number of ether oxygens (including phenoxy) is 2. The van der Waals surface area contributed by atoms with Gasteiger partial charge in [-0.2, -0.15) is 0 Å². The van der Waals surface area contributed by atoms with Crippen molar-refractivity contribution < 1.29 is 23.9 Å². The van der Waals surface area contributed by atoms with Gasteiger partial charge in [-0.3, -0.25) is 4.79 Å². The largest absolute Gasteiger partial charge is 0.493 e. The number of nitrogens with zero attached hydrogens (tertiary/aromatic N) is 2. The van der Waals surface area contributed by atoms with Crippen molar-refractivity contribution in [3.05, 3.63) is 65.7 Å². The summed E-state index contributed by atoms with van der Waals surface area (Å²) < 4.78 is 11.5. The quantitative estimate of drug-likeness (QED) is 0.544. The molecule has 0 saturated carbocycles. The van der Waals surface area contributed by atoms with E-state index in [0.717, 1.165) is 24.0 Å². The molecule has 33 heavy (non-hydrogen) atoms. The summed E-state index contributed by atoms with van der Waals surface area (Å²) in [7, 11) is 0. The van der Waals surface area contributed by atoms with Crippen molar-refractivity contribution in [2.24, 2.45) is 5.16 Å². The van der Waals surface area contributed by atoms with E-state index in [-0.39, 0.29) is 6.42 Å². The molecule has 0 spiro atoms. The molecule has 0 N–H and O–H groups in total. The zero-order valence-corrected chi connectivity index (χ0v) is 19.3. The van der Waals surface area contributed by atoms with Crippen LogP contribution in [0, 0.1) is 0 Å². The van der Waals surface area contributed by atoms with Crippen LogP contribution in [0.15, 0.2) is 59.8 Å². The molecule has 2 aliphatic rings. The number of oxime groups is 1. The second-order valence-electron chi connectivity index (χ2n) is 8.92. The molecule has 7 heteroatoms. The third-order valence-electron chi connectivity index (χ3n) is 6.07. The van der Waals surface area contributed by atoms with Gasteiger partial charge in [0.1, 0.15) is 11.4 Å². The van der Waals surface area contributed by atoms with Gasteiger partial charge in [0, 0.05) is 12.0 Å². The molecular weight excluding hydrogens is 420 g/mol. The molecule has 1 fully saturated rings. The Labute approximate surface area is 194 Å². The molecule has 2 amide bonds. The van der Waals surface area contributed by atoms with Gasteiger partial charge in [-0.05, 0) is 44.4 Å². The number of amides is 2. The van der Waals surface area contributed by atoms with Crippen LogP contribution in [0.5, 0.6) is 5.75 Å². The Bertz CT molecular complexity index is 1030. The number of unbranched alkanes of at least 4 members (excludes halogenated alkanes) is 1. The van der Waals surface area contributed by atoms with Gasteiger partial charge >= 0.3 is 6.09 Å². The Balaban J connectivity index is 1.49. The summed E-state index contributed by atoms with van der Waals surface area (Å²) in [5.41, 5.74) is 1.64. The predicted octanol–water partition coefficient (Wildman–Crippen LogP) is 4.73. The van der Waals surface area contributed by atoms with E-state index in [1.807, 2.05) is 68.4 Å². The number of rotatable bonds is 8. The summed E-state index contributed by atoms with van der Waals surface area (Å²) in [4.78, 5) is 32.9. The van der Waals surface area contributed by atoms with Crippen molar-refractivity contribution in [2.45, 2.75) is 64.2 Å². The van der Waals surface area contributed by atoms with Gasteiger partial charge in [0.2, 0.25) is 6.10 Å². The van der Waals surface area contributed by atoms with Crippen molar-refractivity contribution in [1.29, 1.82) is 0 Å². The summed E-state index contributed by atoms with van der Waals surface area (Å²) in [6.45, 7) is 6.37. The van der Waals surface area contributed by atoms with Gasteiger partial charge < -0.3 is 14.3 Å². The lowest BCUT2D eigenvalue weighted by molar-refractivity contribution is -0.140.